The van der Waals surface area contributed by atoms with Crippen molar-refractivity contribution in [3.05, 3.63) is 22.4 Å². The molecule has 1 rings (SSSR count). The Kier molecular flexibility index (Phi) is 4.74. The highest BCUT2D eigenvalue weighted by molar-refractivity contribution is 9.10. The fourth-order valence-electron chi connectivity index (χ4n) is 1.48. The van der Waals surface area contributed by atoms with Crippen molar-refractivity contribution in [2.45, 2.75) is 19.9 Å². The van der Waals surface area contributed by atoms with Crippen LogP contribution in [-0.2, 0) is 11.3 Å². The third-order valence-electron chi connectivity index (χ3n) is 2.43. The third-order valence-corrected chi connectivity index (χ3v) is 2.86. The van der Waals surface area contributed by atoms with E-state index in [0.717, 1.165) is 4.47 Å². The van der Waals surface area contributed by atoms with Crippen LogP contribution in [0.15, 0.2) is 16.7 Å². The molecule has 0 fully saturated rings. The standard InChI is InChI=1S/C11H15BrN2O3/c1-3-14-7-8(12)6-9(14)11(17)13(2)5-4-10(15)16/h6-7H,3-5H2,1-2H3,(H,15,16). The molecular weight excluding hydrogens is 288 g/mol. The highest BCUT2D eigenvalue weighted by Gasteiger charge is 2.17. The van der Waals surface area contributed by atoms with E-state index in [1.165, 1.54) is 4.90 Å². The lowest BCUT2D eigenvalue weighted by Gasteiger charge is -2.16. The lowest BCUT2D eigenvalue weighted by atomic mass is 10.3. The monoisotopic (exact) mass is 302 g/mol. The Hall–Kier alpha value is -1.30. The Morgan fingerprint density at radius 3 is 2.71 bits per heavy atom. The van der Waals surface area contributed by atoms with Crippen LogP contribution in [0.1, 0.15) is 23.8 Å². The van der Waals surface area contributed by atoms with Gasteiger partial charge >= 0.3 is 5.97 Å². The number of halogens is 1. The molecule has 1 heterocycles. The molecule has 0 spiro atoms. The summed E-state index contributed by atoms with van der Waals surface area (Å²) < 4.78 is 2.67. The number of aryl methyl sites for hydroxylation is 1. The van der Waals surface area contributed by atoms with Gasteiger partial charge in [-0.15, -0.1) is 0 Å². The molecule has 1 N–H and O–H groups in total. The van der Waals surface area contributed by atoms with Crippen molar-refractivity contribution in [1.82, 2.24) is 9.47 Å². The fraction of sp³-hybridized carbons (Fsp3) is 0.455. The molecule has 1 amide bonds. The van der Waals surface area contributed by atoms with Crippen molar-refractivity contribution in [3.63, 3.8) is 0 Å². The van der Waals surface area contributed by atoms with Gasteiger partial charge in [0, 0.05) is 30.8 Å². The van der Waals surface area contributed by atoms with Crippen molar-refractivity contribution in [2.75, 3.05) is 13.6 Å². The van der Waals surface area contributed by atoms with Gasteiger partial charge in [0.25, 0.3) is 5.91 Å². The van der Waals surface area contributed by atoms with Crippen LogP contribution < -0.4 is 0 Å². The molecule has 0 radical (unpaired) electrons. The van der Waals surface area contributed by atoms with Crippen LogP contribution in [0, 0.1) is 0 Å². The summed E-state index contributed by atoms with van der Waals surface area (Å²) in [4.78, 5) is 23.9. The zero-order valence-electron chi connectivity index (χ0n) is 9.81. The van der Waals surface area contributed by atoms with E-state index in [-0.39, 0.29) is 18.9 Å². The minimum Gasteiger partial charge on any atom is -0.481 e. The maximum atomic E-state index is 12.0. The van der Waals surface area contributed by atoms with E-state index >= 15 is 0 Å². The highest BCUT2D eigenvalue weighted by Crippen LogP contribution is 2.16. The van der Waals surface area contributed by atoms with Crippen LogP contribution in [0.25, 0.3) is 0 Å². The second-order valence-corrected chi connectivity index (χ2v) is 4.62. The lowest BCUT2D eigenvalue weighted by molar-refractivity contribution is -0.137. The number of hydrogen-bond acceptors (Lipinski definition) is 2. The molecule has 0 aliphatic rings. The average Bonchev–Trinajstić information content (AvgIpc) is 2.66. The number of aliphatic carboxylic acids is 1. The maximum absolute atomic E-state index is 12.0. The number of hydrogen-bond donors (Lipinski definition) is 1. The summed E-state index contributed by atoms with van der Waals surface area (Å²) in [5.41, 5.74) is 0.562. The van der Waals surface area contributed by atoms with Crippen molar-refractivity contribution in [2.24, 2.45) is 0 Å². The van der Waals surface area contributed by atoms with Gasteiger partial charge in [-0.3, -0.25) is 9.59 Å². The van der Waals surface area contributed by atoms with Gasteiger partial charge in [0.05, 0.1) is 6.42 Å². The van der Waals surface area contributed by atoms with Crippen molar-refractivity contribution < 1.29 is 14.7 Å². The predicted molar refractivity (Wildman–Crippen MR) is 67.0 cm³/mol. The zero-order valence-corrected chi connectivity index (χ0v) is 11.4. The molecule has 0 atom stereocenters. The largest absolute Gasteiger partial charge is 0.481 e. The number of aromatic nitrogens is 1. The molecule has 1 aromatic heterocycles. The summed E-state index contributed by atoms with van der Waals surface area (Å²) in [6.45, 7) is 2.85. The number of nitrogens with zero attached hydrogens (tertiary/aromatic N) is 2. The van der Waals surface area contributed by atoms with Crippen molar-refractivity contribution in [1.29, 1.82) is 0 Å². The van der Waals surface area contributed by atoms with Crippen LogP contribution >= 0.6 is 15.9 Å². The highest BCUT2D eigenvalue weighted by atomic mass is 79.9. The first-order valence-corrected chi connectivity index (χ1v) is 6.08. The minimum absolute atomic E-state index is 0.0454. The number of rotatable bonds is 5. The zero-order chi connectivity index (χ0) is 13.0. The SMILES string of the molecule is CCn1cc(Br)cc1C(=O)N(C)CCC(=O)O. The van der Waals surface area contributed by atoms with E-state index in [1.54, 1.807) is 13.1 Å². The van der Waals surface area contributed by atoms with Gasteiger partial charge in [0.2, 0.25) is 0 Å². The van der Waals surface area contributed by atoms with Gasteiger partial charge in [0.15, 0.2) is 0 Å². The van der Waals surface area contributed by atoms with Crippen LogP contribution in [0.4, 0.5) is 0 Å². The van der Waals surface area contributed by atoms with E-state index in [4.69, 9.17) is 5.11 Å². The number of carboxylic acids is 1. The Morgan fingerprint density at radius 2 is 2.18 bits per heavy atom. The summed E-state index contributed by atoms with van der Waals surface area (Å²) in [6, 6.07) is 1.74. The first-order chi connectivity index (χ1) is 7.95. The Labute approximate surface area is 108 Å². The Morgan fingerprint density at radius 1 is 1.53 bits per heavy atom. The first kappa shape index (κ1) is 13.8. The Balaban J connectivity index is 2.77. The molecule has 94 valence electrons. The van der Waals surface area contributed by atoms with Gasteiger partial charge < -0.3 is 14.6 Å². The quantitative estimate of drug-likeness (QED) is 0.902. The topological polar surface area (TPSA) is 62.5 Å². The summed E-state index contributed by atoms with van der Waals surface area (Å²) in [5, 5.41) is 8.57. The van der Waals surface area contributed by atoms with E-state index in [1.807, 2.05) is 17.7 Å². The van der Waals surface area contributed by atoms with Crippen molar-refractivity contribution in [3.8, 4) is 0 Å². The van der Waals surface area contributed by atoms with Gasteiger partial charge in [-0.05, 0) is 28.9 Å². The fourth-order valence-corrected chi connectivity index (χ4v) is 1.94. The molecule has 1 aromatic rings. The van der Waals surface area contributed by atoms with Gasteiger partial charge in [-0.25, -0.2) is 0 Å². The second-order valence-electron chi connectivity index (χ2n) is 3.70. The molecular formula is C11H15BrN2O3. The molecule has 0 bridgehead atoms. The van der Waals surface area contributed by atoms with Gasteiger partial charge in [0.1, 0.15) is 5.69 Å². The molecule has 0 unspecified atom stereocenters. The normalized spacial score (nSPS) is 10.3. The molecule has 0 aliphatic heterocycles. The Bertz CT molecular complexity index is 428. The summed E-state index contributed by atoms with van der Waals surface area (Å²) in [5.74, 6) is -1.07. The van der Waals surface area contributed by atoms with E-state index in [2.05, 4.69) is 15.9 Å². The van der Waals surface area contributed by atoms with Crippen LogP contribution in [0.2, 0.25) is 0 Å². The first-order valence-electron chi connectivity index (χ1n) is 5.28. The maximum Gasteiger partial charge on any atom is 0.305 e. The summed E-state index contributed by atoms with van der Waals surface area (Å²) >= 11 is 3.32. The minimum atomic E-state index is -0.906. The predicted octanol–water partition coefficient (Wildman–Crippen LogP) is 1.82. The molecule has 0 saturated carbocycles. The van der Waals surface area contributed by atoms with E-state index in [9.17, 15) is 9.59 Å². The molecule has 0 aromatic carbocycles. The number of amides is 1. The average molecular weight is 303 g/mol. The molecule has 0 saturated heterocycles. The van der Waals surface area contributed by atoms with E-state index in [0.29, 0.717) is 12.2 Å². The second kappa shape index (κ2) is 5.86. The third kappa shape index (κ3) is 3.59. The lowest BCUT2D eigenvalue weighted by Crippen LogP contribution is -2.30. The summed E-state index contributed by atoms with van der Waals surface area (Å²) in [6.07, 6.45) is 1.79. The van der Waals surface area contributed by atoms with Crippen LogP contribution in [-0.4, -0.2) is 40.0 Å². The van der Waals surface area contributed by atoms with Gasteiger partial charge in [-0.2, -0.15) is 0 Å². The van der Waals surface area contributed by atoms with Crippen molar-refractivity contribution >= 4 is 27.8 Å². The van der Waals surface area contributed by atoms with Crippen LogP contribution in [0.5, 0.6) is 0 Å². The molecule has 6 heteroatoms. The number of carboxylic acid groups (broad SMARTS) is 1. The van der Waals surface area contributed by atoms with Gasteiger partial charge in [-0.1, -0.05) is 0 Å². The van der Waals surface area contributed by atoms with Crippen LogP contribution in [0.3, 0.4) is 0 Å². The summed E-state index contributed by atoms with van der Waals surface area (Å²) in [7, 11) is 1.60. The molecule has 0 aliphatic carbocycles. The number of carbonyl (C=O) groups is 2. The molecule has 5 nitrogen and oxygen atoms in total. The van der Waals surface area contributed by atoms with E-state index < -0.39 is 5.97 Å². The molecule has 17 heavy (non-hydrogen) atoms. The smallest absolute Gasteiger partial charge is 0.305 e. The number of carbonyl (C=O) groups excluding carboxylic acids is 1.